The fourth-order valence-corrected chi connectivity index (χ4v) is 3.65. The Balaban J connectivity index is 0.00000338. The first-order chi connectivity index (χ1) is 11.6. The third-order valence-corrected chi connectivity index (χ3v) is 5.11. The minimum absolute atomic E-state index is 0. The zero-order chi connectivity index (χ0) is 18.8. The molecule has 1 heterocycles. The highest BCUT2D eigenvalue weighted by atomic mass is 35.5. The quantitative estimate of drug-likeness (QED) is 0.786. The summed E-state index contributed by atoms with van der Waals surface area (Å²) in [6, 6.07) is 4.27. The van der Waals surface area contributed by atoms with E-state index in [1.165, 1.54) is 0 Å². The lowest BCUT2D eigenvalue weighted by Gasteiger charge is -2.37. The molecule has 1 saturated heterocycles. The second kappa shape index (κ2) is 8.90. The number of hydrogen-bond donors (Lipinski definition) is 2. The van der Waals surface area contributed by atoms with Crippen LogP contribution in [0.25, 0.3) is 0 Å². The molecule has 5 heteroatoms. The summed E-state index contributed by atoms with van der Waals surface area (Å²) in [5.41, 5.74) is 2.71. The van der Waals surface area contributed by atoms with E-state index >= 15 is 0 Å². The Morgan fingerprint density at radius 1 is 1.04 bits per heavy atom. The number of aromatic hydroxyl groups is 1. The van der Waals surface area contributed by atoms with Crippen molar-refractivity contribution in [3.8, 4) is 5.75 Å². The molecule has 1 aromatic rings. The monoisotopic (exact) mass is 386 g/mol. The van der Waals surface area contributed by atoms with Gasteiger partial charge in [0.1, 0.15) is 5.75 Å². The maximum Gasteiger partial charge on any atom is 0.123 e. The Kier molecular flexibility index (Phi) is 7.94. The van der Waals surface area contributed by atoms with Gasteiger partial charge in [-0.1, -0.05) is 41.5 Å². The molecule has 0 bridgehead atoms. The van der Waals surface area contributed by atoms with Gasteiger partial charge in [0.15, 0.2) is 0 Å². The Bertz CT molecular complexity index is 552. The van der Waals surface area contributed by atoms with Crippen LogP contribution in [0, 0.1) is 0 Å². The predicted molar refractivity (Wildman–Crippen MR) is 111 cm³/mol. The van der Waals surface area contributed by atoms with E-state index in [9.17, 15) is 9.50 Å². The molecule has 2 N–H and O–H groups in total. The molecule has 2 rings (SSSR count). The summed E-state index contributed by atoms with van der Waals surface area (Å²) in [6.07, 6.45) is 0.498. The zero-order valence-corrected chi connectivity index (χ0v) is 18.0. The van der Waals surface area contributed by atoms with Gasteiger partial charge in [-0.05, 0) is 46.1 Å². The van der Waals surface area contributed by atoms with Crippen LogP contribution < -0.4 is 5.32 Å². The molecule has 1 atom stereocenters. The third-order valence-electron chi connectivity index (χ3n) is 5.11. The highest BCUT2D eigenvalue weighted by molar-refractivity contribution is 5.85. The van der Waals surface area contributed by atoms with Crippen molar-refractivity contribution in [2.45, 2.75) is 64.8 Å². The van der Waals surface area contributed by atoms with Gasteiger partial charge in [0.2, 0.25) is 0 Å². The Hall–Kier alpha value is -0.840. The van der Waals surface area contributed by atoms with Gasteiger partial charge in [-0.2, -0.15) is 0 Å². The normalized spacial score (nSPS) is 17.7. The SMILES string of the molecule is CC(C)(C)c1cc([C@H](CCF)N2CCNCC2)cc(C(C)(C)C)c1O.Cl. The van der Waals surface area contributed by atoms with Crippen molar-refractivity contribution in [1.29, 1.82) is 0 Å². The van der Waals surface area contributed by atoms with Gasteiger partial charge >= 0.3 is 0 Å². The second-order valence-electron chi connectivity index (χ2n) is 9.24. The number of benzene rings is 1. The summed E-state index contributed by atoms with van der Waals surface area (Å²) >= 11 is 0. The average molecular weight is 387 g/mol. The molecule has 1 aliphatic heterocycles. The van der Waals surface area contributed by atoms with E-state index in [4.69, 9.17) is 0 Å². The molecule has 1 aromatic carbocycles. The third kappa shape index (κ3) is 5.34. The predicted octanol–water partition coefficient (Wildman–Crippen LogP) is 4.71. The first-order valence-corrected chi connectivity index (χ1v) is 9.44. The van der Waals surface area contributed by atoms with Crippen LogP contribution in [-0.4, -0.2) is 42.9 Å². The van der Waals surface area contributed by atoms with Crippen LogP contribution in [-0.2, 0) is 10.8 Å². The van der Waals surface area contributed by atoms with E-state index in [-0.39, 0.29) is 36.0 Å². The van der Waals surface area contributed by atoms with Crippen LogP contribution in [0.4, 0.5) is 4.39 Å². The van der Waals surface area contributed by atoms with Crippen molar-refractivity contribution in [2.75, 3.05) is 32.9 Å². The first kappa shape index (κ1) is 23.2. The van der Waals surface area contributed by atoms with Gasteiger partial charge in [0, 0.05) is 32.2 Å². The number of phenols is 1. The Labute approximate surface area is 164 Å². The standard InChI is InChI=1S/C21H35FN2O.ClH/c1-20(2,3)16-13-15(14-17(19(16)25)21(4,5)6)18(7-8-22)24-11-9-23-10-12-24;/h13-14,18,23,25H,7-12H2,1-6H3;1H/t18-;/m0./s1. The van der Waals surface area contributed by atoms with Gasteiger partial charge in [0.25, 0.3) is 0 Å². The zero-order valence-electron chi connectivity index (χ0n) is 17.2. The maximum atomic E-state index is 13.3. The van der Waals surface area contributed by atoms with Gasteiger partial charge < -0.3 is 10.4 Å². The van der Waals surface area contributed by atoms with Gasteiger partial charge in [-0.3, -0.25) is 9.29 Å². The minimum atomic E-state index is -0.328. The summed E-state index contributed by atoms with van der Waals surface area (Å²) in [5.74, 6) is 0.392. The number of nitrogens with one attached hydrogen (secondary N) is 1. The molecule has 150 valence electrons. The molecule has 0 unspecified atom stereocenters. The topological polar surface area (TPSA) is 35.5 Å². The van der Waals surface area contributed by atoms with Crippen molar-refractivity contribution in [1.82, 2.24) is 10.2 Å². The number of halogens is 2. The number of phenolic OH excluding ortho intramolecular Hbond substituents is 1. The lowest BCUT2D eigenvalue weighted by Crippen LogP contribution is -2.45. The lowest BCUT2D eigenvalue weighted by molar-refractivity contribution is 0.157. The number of hydrogen-bond acceptors (Lipinski definition) is 3. The van der Waals surface area contributed by atoms with E-state index in [1.54, 1.807) is 0 Å². The first-order valence-electron chi connectivity index (χ1n) is 9.44. The summed E-state index contributed by atoms with van der Waals surface area (Å²) in [5, 5.41) is 14.3. The fraction of sp³-hybridized carbons (Fsp3) is 0.714. The number of rotatable bonds is 4. The number of piperazine rings is 1. The summed E-state index contributed by atoms with van der Waals surface area (Å²) in [6.45, 7) is 16.1. The van der Waals surface area contributed by atoms with Gasteiger partial charge in [0.05, 0.1) is 6.67 Å². The molecular formula is C21H36ClFN2O. The summed E-state index contributed by atoms with van der Waals surface area (Å²) in [4.78, 5) is 2.38. The fourth-order valence-electron chi connectivity index (χ4n) is 3.65. The summed E-state index contributed by atoms with van der Waals surface area (Å²) < 4.78 is 13.3. The molecule has 26 heavy (non-hydrogen) atoms. The van der Waals surface area contributed by atoms with E-state index in [1.807, 2.05) is 0 Å². The smallest absolute Gasteiger partial charge is 0.123 e. The number of alkyl halides is 1. The molecule has 0 aromatic heterocycles. The highest BCUT2D eigenvalue weighted by Gasteiger charge is 2.30. The molecule has 0 amide bonds. The van der Waals surface area contributed by atoms with Crippen LogP contribution in [0.5, 0.6) is 5.75 Å². The van der Waals surface area contributed by atoms with Crippen LogP contribution >= 0.6 is 12.4 Å². The van der Waals surface area contributed by atoms with Crippen molar-refractivity contribution in [3.05, 3.63) is 28.8 Å². The van der Waals surface area contributed by atoms with Gasteiger partial charge in [-0.25, -0.2) is 0 Å². The molecule has 0 saturated carbocycles. The molecule has 3 nitrogen and oxygen atoms in total. The molecular weight excluding hydrogens is 351 g/mol. The van der Waals surface area contributed by atoms with E-state index < -0.39 is 0 Å². The molecule has 1 fully saturated rings. The molecule has 0 aliphatic carbocycles. The van der Waals surface area contributed by atoms with E-state index in [0.717, 1.165) is 42.9 Å². The molecule has 1 aliphatic rings. The molecule has 0 spiro atoms. The maximum absolute atomic E-state index is 13.3. The van der Waals surface area contributed by atoms with Crippen molar-refractivity contribution < 1.29 is 9.50 Å². The largest absolute Gasteiger partial charge is 0.507 e. The average Bonchev–Trinajstić information content (AvgIpc) is 2.51. The summed E-state index contributed by atoms with van der Waals surface area (Å²) in [7, 11) is 0. The van der Waals surface area contributed by atoms with Crippen LogP contribution in [0.2, 0.25) is 0 Å². The number of nitrogens with zero attached hydrogens (tertiary/aromatic N) is 1. The van der Waals surface area contributed by atoms with Crippen molar-refractivity contribution >= 4 is 12.4 Å². The van der Waals surface area contributed by atoms with Gasteiger partial charge in [-0.15, -0.1) is 12.4 Å². The Morgan fingerprint density at radius 3 is 1.88 bits per heavy atom. The Morgan fingerprint density at radius 2 is 1.50 bits per heavy atom. The molecule has 0 radical (unpaired) electrons. The van der Waals surface area contributed by atoms with Crippen molar-refractivity contribution in [3.63, 3.8) is 0 Å². The lowest BCUT2D eigenvalue weighted by atomic mass is 9.77. The highest BCUT2D eigenvalue weighted by Crippen LogP contribution is 2.42. The minimum Gasteiger partial charge on any atom is -0.507 e. The van der Waals surface area contributed by atoms with Crippen molar-refractivity contribution in [2.24, 2.45) is 0 Å². The van der Waals surface area contributed by atoms with Crippen LogP contribution in [0.1, 0.15) is 70.7 Å². The van der Waals surface area contributed by atoms with Crippen LogP contribution in [0.3, 0.4) is 0 Å². The van der Waals surface area contributed by atoms with E-state index in [2.05, 4.69) is 63.9 Å². The van der Waals surface area contributed by atoms with E-state index in [0.29, 0.717) is 12.2 Å². The van der Waals surface area contributed by atoms with Crippen LogP contribution in [0.15, 0.2) is 12.1 Å². The second-order valence-corrected chi connectivity index (χ2v) is 9.24.